The maximum absolute atomic E-state index is 13.7. The quantitative estimate of drug-likeness (QED) is 0.258. The molecule has 1 saturated carbocycles. The zero-order chi connectivity index (χ0) is 27.8. The van der Waals surface area contributed by atoms with Gasteiger partial charge in [0.05, 0.1) is 11.6 Å². The van der Waals surface area contributed by atoms with Gasteiger partial charge in [0, 0.05) is 35.7 Å². The highest BCUT2D eigenvalue weighted by molar-refractivity contribution is 5.99. The zero-order valence-corrected chi connectivity index (χ0v) is 24.1. The molecule has 0 spiro atoms. The van der Waals surface area contributed by atoms with E-state index in [2.05, 4.69) is 69.9 Å². The number of carbonyl (C=O) groups excluding carboxylic acids is 1. The lowest BCUT2D eigenvalue weighted by Gasteiger charge is -2.20. The number of unbranched alkanes of at least 4 members (excludes halogenated alkanes) is 1. The Morgan fingerprint density at radius 1 is 1.05 bits per heavy atom. The van der Waals surface area contributed by atoms with Gasteiger partial charge in [-0.1, -0.05) is 38.1 Å². The van der Waals surface area contributed by atoms with Crippen molar-refractivity contribution in [3.8, 4) is 17.9 Å². The molecule has 2 aromatic rings. The number of rotatable bonds is 8. The fraction of sp³-hybridized carbons (Fsp3) is 0.472. The molecule has 3 nitrogen and oxygen atoms in total. The maximum Gasteiger partial charge on any atom is 0.165 e. The van der Waals surface area contributed by atoms with E-state index in [1.165, 1.54) is 28.0 Å². The van der Waals surface area contributed by atoms with Crippen molar-refractivity contribution in [3.05, 3.63) is 76.0 Å². The molecule has 4 rings (SSSR count). The van der Waals surface area contributed by atoms with E-state index in [1.54, 1.807) is 0 Å². The normalized spacial score (nSPS) is 19.9. The Morgan fingerprint density at radius 3 is 2.56 bits per heavy atom. The number of nitriles is 1. The van der Waals surface area contributed by atoms with Gasteiger partial charge >= 0.3 is 0 Å². The monoisotopic (exact) mass is 518 g/mol. The van der Waals surface area contributed by atoms with E-state index in [9.17, 15) is 4.79 Å². The SMILES string of the molecule is CCCC#CCCC1=NC(C)=C(c2cc(C(=O)C(C)C3CCC(c4ccc(C#N)cc4)C3)ccc2C)CCC1. The number of benzene rings is 2. The number of allylic oxidation sites excluding steroid dienone is 2. The van der Waals surface area contributed by atoms with Gasteiger partial charge in [-0.2, -0.15) is 5.26 Å². The van der Waals surface area contributed by atoms with Crippen molar-refractivity contribution < 1.29 is 4.79 Å². The highest BCUT2D eigenvalue weighted by atomic mass is 16.1. The van der Waals surface area contributed by atoms with Crippen LogP contribution in [0, 0.1) is 41.9 Å². The van der Waals surface area contributed by atoms with Gasteiger partial charge in [0.15, 0.2) is 5.78 Å². The second kappa shape index (κ2) is 13.6. The van der Waals surface area contributed by atoms with Crippen molar-refractivity contribution in [1.82, 2.24) is 0 Å². The minimum absolute atomic E-state index is 0.00779. The first kappa shape index (κ1) is 28.6. The fourth-order valence-electron chi connectivity index (χ4n) is 6.21. The summed E-state index contributed by atoms with van der Waals surface area (Å²) < 4.78 is 0. The average Bonchev–Trinajstić information content (AvgIpc) is 3.37. The number of aliphatic imine (C=N–C) groups is 1. The predicted octanol–water partition coefficient (Wildman–Crippen LogP) is 9.21. The lowest BCUT2D eigenvalue weighted by Crippen LogP contribution is -2.19. The molecule has 0 saturated heterocycles. The summed E-state index contributed by atoms with van der Waals surface area (Å²) in [5.41, 5.74) is 8.82. The molecule has 1 fully saturated rings. The van der Waals surface area contributed by atoms with Crippen molar-refractivity contribution in [1.29, 1.82) is 5.26 Å². The first-order valence-corrected chi connectivity index (χ1v) is 14.8. The largest absolute Gasteiger partial charge is 0.294 e. The van der Waals surface area contributed by atoms with Crippen LogP contribution < -0.4 is 0 Å². The Kier molecular flexibility index (Phi) is 9.95. The van der Waals surface area contributed by atoms with E-state index >= 15 is 0 Å². The van der Waals surface area contributed by atoms with Gasteiger partial charge in [0.2, 0.25) is 0 Å². The van der Waals surface area contributed by atoms with Crippen LogP contribution in [0.4, 0.5) is 0 Å². The van der Waals surface area contributed by atoms with E-state index in [-0.39, 0.29) is 11.7 Å². The van der Waals surface area contributed by atoms with Crippen LogP contribution in [0.5, 0.6) is 0 Å². The molecular weight excluding hydrogens is 476 g/mol. The number of carbonyl (C=O) groups is 1. The minimum atomic E-state index is -0.00779. The topological polar surface area (TPSA) is 53.2 Å². The third kappa shape index (κ3) is 7.16. The third-order valence-electron chi connectivity index (χ3n) is 8.65. The van der Waals surface area contributed by atoms with Crippen LogP contribution in [0.1, 0.15) is 124 Å². The summed E-state index contributed by atoms with van der Waals surface area (Å²) in [6, 6.07) is 16.4. The molecule has 0 aromatic heterocycles. The summed E-state index contributed by atoms with van der Waals surface area (Å²) in [7, 11) is 0. The molecule has 0 radical (unpaired) electrons. The highest BCUT2D eigenvalue weighted by Gasteiger charge is 2.33. The van der Waals surface area contributed by atoms with Crippen LogP contribution in [0.15, 0.2) is 53.2 Å². The van der Waals surface area contributed by atoms with Crippen LogP contribution in [-0.2, 0) is 0 Å². The molecule has 1 heterocycles. The van der Waals surface area contributed by atoms with E-state index in [0.717, 1.165) is 75.5 Å². The molecule has 2 aromatic carbocycles. The van der Waals surface area contributed by atoms with Gasteiger partial charge in [-0.05, 0) is 118 Å². The maximum atomic E-state index is 13.7. The molecule has 0 bridgehead atoms. The highest BCUT2D eigenvalue weighted by Crippen LogP contribution is 2.42. The van der Waals surface area contributed by atoms with Crippen molar-refractivity contribution in [3.63, 3.8) is 0 Å². The molecule has 202 valence electrons. The molecule has 0 N–H and O–H groups in total. The van der Waals surface area contributed by atoms with Crippen molar-refractivity contribution in [2.45, 2.75) is 97.8 Å². The molecule has 3 unspecified atom stereocenters. The second-order valence-electron chi connectivity index (χ2n) is 11.4. The van der Waals surface area contributed by atoms with Gasteiger partial charge in [-0.15, -0.1) is 11.8 Å². The molecule has 39 heavy (non-hydrogen) atoms. The Labute approximate surface area is 235 Å². The Hall–Kier alpha value is -3.43. The molecule has 3 atom stereocenters. The van der Waals surface area contributed by atoms with Crippen LogP contribution in [0.3, 0.4) is 0 Å². The predicted molar refractivity (Wildman–Crippen MR) is 162 cm³/mol. The summed E-state index contributed by atoms with van der Waals surface area (Å²) in [5.74, 6) is 7.64. The van der Waals surface area contributed by atoms with Crippen molar-refractivity contribution in [2.75, 3.05) is 0 Å². The van der Waals surface area contributed by atoms with Gasteiger partial charge in [0.1, 0.15) is 0 Å². The lowest BCUT2D eigenvalue weighted by atomic mass is 9.83. The van der Waals surface area contributed by atoms with Crippen LogP contribution in [-0.4, -0.2) is 11.5 Å². The summed E-state index contributed by atoms with van der Waals surface area (Å²) >= 11 is 0. The molecule has 0 amide bonds. The molecule has 3 heteroatoms. The number of Topliss-reactive ketones (excluding diaryl/α,β-unsaturated/α-hetero) is 1. The van der Waals surface area contributed by atoms with E-state index in [1.807, 2.05) is 18.2 Å². The molecular formula is C36H42N2O. The standard InChI is InChI=1S/C36H42N2O/c1-5-6-7-8-9-11-33-12-10-13-34(27(4)38-33)35-23-32(17-14-25(35)2)36(39)26(3)30-20-21-31(22-30)29-18-15-28(24-37)16-19-29/h14-19,23,26,30-31H,5-6,9-13,20-22H2,1-4H3. The van der Waals surface area contributed by atoms with E-state index in [0.29, 0.717) is 17.4 Å². The Morgan fingerprint density at radius 2 is 1.82 bits per heavy atom. The van der Waals surface area contributed by atoms with Crippen LogP contribution in [0.2, 0.25) is 0 Å². The fourth-order valence-corrected chi connectivity index (χ4v) is 6.21. The number of nitrogens with zero attached hydrogens (tertiary/aromatic N) is 2. The third-order valence-corrected chi connectivity index (χ3v) is 8.65. The Balaban J connectivity index is 1.47. The van der Waals surface area contributed by atoms with Crippen LogP contribution >= 0.6 is 0 Å². The van der Waals surface area contributed by atoms with Crippen molar-refractivity contribution >= 4 is 17.1 Å². The number of aryl methyl sites for hydroxylation is 1. The molecule has 1 aliphatic carbocycles. The molecule has 1 aliphatic heterocycles. The van der Waals surface area contributed by atoms with Gasteiger partial charge in [-0.3, -0.25) is 9.79 Å². The summed E-state index contributed by atoms with van der Waals surface area (Å²) in [5, 5.41) is 9.09. The van der Waals surface area contributed by atoms with E-state index < -0.39 is 0 Å². The van der Waals surface area contributed by atoms with Gasteiger partial charge < -0.3 is 0 Å². The first-order valence-electron chi connectivity index (χ1n) is 14.8. The second-order valence-corrected chi connectivity index (χ2v) is 11.4. The summed E-state index contributed by atoms with van der Waals surface area (Å²) in [6.07, 6.45) is 10.2. The number of hydrogen-bond acceptors (Lipinski definition) is 3. The Bertz CT molecular complexity index is 1340. The van der Waals surface area contributed by atoms with Gasteiger partial charge in [-0.25, -0.2) is 0 Å². The van der Waals surface area contributed by atoms with E-state index in [4.69, 9.17) is 10.3 Å². The van der Waals surface area contributed by atoms with Crippen LogP contribution in [0.25, 0.3) is 5.57 Å². The smallest absolute Gasteiger partial charge is 0.165 e. The van der Waals surface area contributed by atoms with Crippen molar-refractivity contribution in [2.24, 2.45) is 16.8 Å². The van der Waals surface area contributed by atoms with Gasteiger partial charge in [0.25, 0.3) is 0 Å². The first-order chi connectivity index (χ1) is 18.9. The minimum Gasteiger partial charge on any atom is -0.294 e. The summed E-state index contributed by atoms with van der Waals surface area (Å²) in [6.45, 7) is 8.55. The zero-order valence-electron chi connectivity index (χ0n) is 24.1. The number of hydrogen-bond donors (Lipinski definition) is 0. The average molecular weight is 519 g/mol. The molecule has 2 aliphatic rings. The summed E-state index contributed by atoms with van der Waals surface area (Å²) in [4.78, 5) is 18.7. The lowest BCUT2D eigenvalue weighted by molar-refractivity contribution is 0.0887. The number of ketones is 1.